The highest BCUT2D eigenvalue weighted by Gasteiger charge is 1.65. The topological polar surface area (TPSA) is 98.4 Å². The molecule has 0 aromatic carbocycles. The summed E-state index contributed by atoms with van der Waals surface area (Å²) in [7, 11) is 0. The van der Waals surface area contributed by atoms with E-state index in [2.05, 4.69) is 0 Å². The summed E-state index contributed by atoms with van der Waals surface area (Å²) in [6, 6.07) is 0. The molecule has 6 heavy (non-hydrogen) atoms. The summed E-state index contributed by atoms with van der Waals surface area (Å²) in [4.78, 5) is 8.36. The molecule has 35 valence electrons. The standard InChI is InChI=1S/Al.HNO3.H3N/c;2-1(3)4;/h;(H,2,3,4);1H3. The zero-order chi connectivity index (χ0) is 3.58. The van der Waals surface area contributed by atoms with Crippen LogP contribution in [0.2, 0.25) is 0 Å². The average Bonchev–Trinajstić information content (AvgIpc) is 0.811. The minimum Gasteiger partial charge on any atom is -0.344 e. The second-order valence-corrected chi connectivity index (χ2v) is 0.238. The van der Waals surface area contributed by atoms with E-state index in [4.69, 9.17) is 15.3 Å². The zero-order valence-corrected chi connectivity index (χ0v) is 4.15. The summed E-state index contributed by atoms with van der Waals surface area (Å²) < 4.78 is 0. The normalized spacial score (nSPS) is 4.00. The SMILES string of the molecule is N.O=[N+]([O-])O.[Al]. The lowest BCUT2D eigenvalue weighted by molar-refractivity contribution is -0.742. The first-order chi connectivity index (χ1) is 1.73. The molecule has 0 amide bonds. The molecule has 5 nitrogen and oxygen atoms in total. The van der Waals surface area contributed by atoms with Crippen molar-refractivity contribution in [2.24, 2.45) is 0 Å². The molecule has 0 aromatic rings. The molecule has 0 rings (SSSR count). The lowest BCUT2D eigenvalue weighted by Crippen LogP contribution is -1.81. The van der Waals surface area contributed by atoms with E-state index >= 15 is 0 Å². The van der Waals surface area contributed by atoms with E-state index in [9.17, 15) is 0 Å². The van der Waals surface area contributed by atoms with Crippen molar-refractivity contribution in [3.8, 4) is 0 Å². The monoisotopic (exact) mass is 107 g/mol. The molecule has 0 heterocycles. The quantitative estimate of drug-likeness (QED) is 0.246. The molecule has 0 aromatic heterocycles. The van der Waals surface area contributed by atoms with Gasteiger partial charge in [0.15, 0.2) is 0 Å². The maximum absolute atomic E-state index is 8.36. The first-order valence-electron chi connectivity index (χ1n) is 0.565. The minimum absolute atomic E-state index is 0. The fourth-order valence-corrected chi connectivity index (χ4v) is 0. The van der Waals surface area contributed by atoms with Gasteiger partial charge < -0.3 is 11.4 Å². The van der Waals surface area contributed by atoms with Gasteiger partial charge in [-0.1, -0.05) is 0 Å². The molecule has 0 aliphatic heterocycles. The maximum atomic E-state index is 8.36. The molecule has 3 radical (unpaired) electrons. The minimum atomic E-state index is -1.50. The lowest BCUT2D eigenvalue weighted by Gasteiger charge is -1.56. The van der Waals surface area contributed by atoms with Crippen LogP contribution in [-0.4, -0.2) is 27.7 Å². The van der Waals surface area contributed by atoms with Crippen molar-refractivity contribution >= 4 is 17.4 Å². The third-order valence-electron chi connectivity index (χ3n) is 0. The van der Waals surface area contributed by atoms with Gasteiger partial charge in [0.25, 0.3) is 5.09 Å². The van der Waals surface area contributed by atoms with Crippen molar-refractivity contribution in [3.05, 3.63) is 10.1 Å². The molecular weight excluding hydrogens is 103 g/mol. The summed E-state index contributed by atoms with van der Waals surface area (Å²) in [6.07, 6.45) is 0. The number of nitrogens with zero attached hydrogens (tertiary/aromatic N) is 1. The van der Waals surface area contributed by atoms with Gasteiger partial charge in [0, 0.05) is 17.4 Å². The third kappa shape index (κ3) is 283. The number of hydrogen-bond donors (Lipinski definition) is 2. The third-order valence-corrected chi connectivity index (χ3v) is 0. The van der Waals surface area contributed by atoms with Crippen LogP contribution in [0, 0.1) is 10.1 Å². The van der Waals surface area contributed by atoms with Crippen LogP contribution in [0.1, 0.15) is 0 Å². The second kappa shape index (κ2) is 8.83. The molecular formula is H4AlN2O3. The van der Waals surface area contributed by atoms with Crippen LogP contribution in [0.3, 0.4) is 0 Å². The fraction of sp³-hybridized carbons (Fsp3) is 0. The van der Waals surface area contributed by atoms with Gasteiger partial charge in [0.2, 0.25) is 0 Å². The second-order valence-electron chi connectivity index (χ2n) is 0.238. The summed E-state index contributed by atoms with van der Waals surface area (Å²) in [5.74, 6) is 0. The van der Waals surface area contributed by atoms with Gasteiger partial charge in [-0.25, -0.2) is 0 Å². The fourth-order valence-electron chi connectivity index (χ4n) is 0. The van der Waals surface area contributed by atoms with E-state index in [1.54, 1.807) is 0 Å². The molecule has 4 N–H and O–H groups in total. The molecule has 0 fully saturated rings. The average molecular weight is 107 g/mol. The van der Waals surface area contributed by atoms with Crippen LogP contribution in [0.25, 0.3) is 0 Å². The Balaban J connectivity index is -0.0000000450. The molecule has 0 aliphatic rings. The first-order valence-corrected chi connectivity index (χ1v) is 0.565. The number of hydrogen-bond acceptors (Lipinski definition) is 3. The lowest BCUT2D eigenvalue weighted by atomic mass is 13.1. The molecule has 0 unspecified atom stereocenters. The van der Waals surface area contributed by atoms with Crippen LogP contribution < -0.4 is 6.15 Å². The Morgan fingerprint density at radius 3 is 1.67 bits per heavy atom. The van der Waals surface area contributed by atoms with Crippen molar-refractivity contribution in [3.63, 3.8) is 0 Å². The maximum Gasteiger partial charge on any atom is 0.291 e. The van der Waals surface area contributed by atoms with Crippen molar-refractivity contribution in [1.82, 2.24) is 6.15 Å². The zero-order valence-electron chi connectivity index (χ0n) is 3.00. The van der Waals surface area contributed by atoms with Crippen LogP contribution in [0.4, 0.5) is 0 Å². The van der Waals surface area contributed by atoms with Crippen LogP contribution >= 0.6 is 0 Å². The Bertz CT molecular complexity index is 31.8. The summed E-state index contributed by atoms with van der Waals surface area (Å²) in [5, 5.41) is 13.6. The number of rotatable bonds is 0. The molecule has 0 spiro atoms. The predicted octanol–water partition coefficient (Wildman–Crippen LogP) is -0.567. The Hall–Kier alpha value is -0.308. The molecule has 0 saturated heterocycles. The molecule has 6 heteroatoms. The molecule has 0 bridgehead atoms. The van der Waals surface area contributed by atoms with Gasteiger partial charge in [-0.3, -0.25) is 0 Å². The summed E-state index contributed by atoms with van der Waals surface area (Å²) in [6.45, 7) is 0. The molecule has 0 saturated carbocycles. The van der Waals surface area contributed by atoms with E-state index in [0.29, 0.717) is 0 Å². The van der Waals surface area contributed by atoms with Crippen molar-refractivity contribution in [1.29, 1.82) is 0 Å². The van der Waals surface area contributed by atoms with E-state index in [1.165, 1.54) is 0 Å². The van der Waals surface area contributed by atoms with Crippen LogP contribution in [0.15, 0.2) is 0 Å². The summed E-state index contributed by atoms with van der Waals surface area (Å²) in [5.41, 5.74) is 0. The first kappa shape index (κ1) is 17.3. The highest BCUT2D eigenvalue weighted by molar-refractivity contribution is 5.75. The van der Waals surface area contributed by atoms with Crippen LogP contribution in [-0.2, 0) is 0 Å². The Labute approximate surface area is 44.8 Å². The largest absolute Gasteiger partial charge is 0.344 e. The van der Waals surface area contributed by atoms with E-state index < -0.39 is 5.09 Å². The van der Waals surface area contributed by atoms with Crippen molar-refractivity contribution in [2.75, 3.05) is 0 Å². The van der Waals surface area contributed by atoms with Gasteiger partial charge >= 0.3 is 0 Å². The highest BCUT2D eigenvalue weighted by atomic mass is 27.0. The van der Waals surface area contributed by atoms with Crippen molar-refractivity contribution in [2.45, 2.75) is 0 Å². The van der Waals surface area contributed by atoms with E-state index in [-0.39, 0.29) is 23.5 Å². The van der Waals surface area contributed by atoms with Gasteiger partial charge in [-0.2, -0.15) is 0 Å². The van der Waals surface area contributed by atoms with Crippen molar-refractivity contribution < 1.29 is 10.3 Å². The molecule has 0 atom stereocenters. The smallest absolute Gasteiger partial charge is 0.291 e. The highest BCUT2D eigenvalue weighted by Crippen LogP contribution is 1.38. The predicted molar refractivity (Wildman–Crippen MR) is 19.6 cm³/mol. The van der Waals surface area contributed by atoms with Crippen LogP contribution in [0.5, 0.6) is 0 Å². The Kier molecular flexibility index (Phi) is 25.4. The Morgan fingerprint density at radius 2 is 1.67 bits per heavy atom. The van der Waals surface area contributed by atoms with E-state index in [1.807, 2.05) is 0 Å². The summed E-state index contributed by atoms with van der Waals surface area (Å²) >= 11 is 0. The molecule has 0 aliphatic carbocycles. The Morgan fingerprint density at radius 1 is 1.67 bits per heavy atom. The van der Waals surface area contributed by atoms with Gasteiger partial charge in [0.05, 0.1) is 0 Å². The van der Waals surface area contributed by atoms with E-state index in [0.717, 1.165) is 0 Å². The van der Waals surface area contributed by atoms with Gasteiger partial charge in [0.1, 0.15) is 0 Å². The van der Waals surface area contributed by atoms with Gasteiger partial charge in [-0.05, 0) is 0 Å². The van der Waals surface area contributed by atoms with Gasteiger partial charge in [-0.15, -0.1) is 10.1 Å².